The van der Waals surface area contributed by atoms with Gasteiger partial charge in [0.2, 0.25) is 0 Å². The van der Waals surface area contributed by atoms with Gasteiger partial charge in [-0.25, -0.2) is 4.98 Å². The number of amides is 1. The molecule has 0 aliphatic carbocycles. The zero-order chi connectivity index (χ0) is 15.4. The Balaban J connectivity index is 1.64. The molecular formula is C16H20N4OS. The van der Waals surface area contributed by atoms with Crippen molar-refractivity contribution in [3.05, 3.63) is 46.5 Å². The number of hydrogen-bond donors (Lipinski definition) is 3. The Kier molecular flexibility index (Phi) is 4.82. The molecule has 1 aromatic heterocycles. The lowest BCUT2D eigenvalue weighted by molar-refractivity contribution is 0.102. The van der Waals surface area contributed by atoms with Gasteiger partial charge in [0.25, 0.3) is 5.91 Å². The normalized spacial score (nSPS) is 15.7. The maximum atomic E-state index is 12.2. The second-order valence-corrected chi connectivity index (χ2v) is 6.51. The largest absolute Gasteiger partial charge is 0.326 e. The number of nitrogens with two attached hydrogens (primary N) is 1. The summed E-state index contributed by atoms with van der Waals surface area (Å²) in [5.74, 6) is 0.433. The lowest BCUT2D eigenvalue weighted by Crippen LogP contribution is -2.26. The third kappa shape index (κ3) is 3.52. The van der Waals surface area contributed by atoms with E-state index >= 15 is 0 Å². The molecule has 0 atom stereocenters. The topological polar surface area (TPSA) is 80.0 Å². The molecular weight excluding hydrogens is 296 g/mol. The number of hydrogen-bond acceptors (Lipinski definition) is 5. The Hall–Kier alpha value is -1.76. The fourth-order valence-corrected chi connectivity index (χ4v) is 3.58. The second kappa shape index (κ2) is 7.00. The van der Waals surface area contributed by atoms with Crippen molar-refractivity contribution in [1.82, 2.24) is 10.3 Å². The summed E-state index contributed by atoms with van der Waals surface area (Å²) in [6.45, 7) is 2.59. The van der Waals surface area contributed by atoms with Crippen LogP contribution in [0.1, 0.15) is 39.6 Å². The SMILES string of the molecule is NCc1ccc(C(=O)Nc2ncc(C3CCNCC3)s2)cc1. The highest BCUT2D eigenvalue weighted by molar-refractivity contribution is 7.15. The number of carbonyl (C=O) groups excluding carboxylic acids is 1. The van der Waals surface area contributed by atoms with Crippen molar-refractivity contribution in [2.24, 2.45) is 5.73 Å². The van der Waals surface area contributed by atoms with Crippen molar-refractivity contribution in [3.8, 4) is 0 Å². The molecule has 116 valence electrons. The Bertz CT molecular complexity index is 632. The van der Waals surface area contributed by atoms with Gasteiger partial charge in [-0.05, 0) is 49.5 Å². The Morgan fingerprint density at radius 2 is 2.05 bits per heavy atom. The molecule has 1 fully saturated rings. The Morgan fingerprint density at radius 3 is 2.73 bits per heavy atom. The molecule has 1 amide bonds. The minimum Gasteiger partial charge on any atom is -0.326 e. The van der Waals surface area contributed by atoms with Gasteiger partial charge in [0.15, 0.2) is 5.13 Å². The molecule has 1 aromatic carbocycles. The Labute approximate surface area is 133 Å². The van der Waals surface area contributed by atoms with E-state index in [9.17, 15) is 4.79 Å². The highest BCUT2D eigenvalue weighted by atomic mass is 32.1. The first kappa shape index (κ1) is 15.1. The summed E-state index contributed by atoms with van der Waals surface area (Å²) in [5, 5.41) is 6.90. The Morgan fingerprint density at radius 1 is 1.32 bits per heavy atom. The molecule has 4 N–H and O–H groups in total. The van der Waals surface area contributed by atoms with E-state index in [1.54, 1.807) is 23.5 Å². The molecule has 0 unspecified atom stereocenters. The molecule has 5 nitrogen and oxygen atoms in total. The van der Waals surface area contributed by atoms with Gasteiger partial charge in [0, 0.05) is 23.2 Å². The van der Waals surface area contributed by atoms with E-state index in [-0.39, 0.29) is 5.91 Å². The molecule has 22 heavy (non-hydrogen) atoms. The third-order valence-corrected chi connectivity index (χ3v) is 5.01. The van der Waals surface area contributed by atoms with Crippen LogP contribution >= 0.6 is 11.3 Å². The summed E-state index contributed by atoms with van der Waals surface area (Å²) in [7, 11) is 0. The van der Waals surface area contributed by atoms with Crippen LogP contribution in [0.3, 0.4) is 0 Å². The highest BCUT2D eigenvalue weighted by Crippen LogP contribution is 2.31. The van der Waals surface area contributed by atoms with Gasteiger partial charge in [0.1, 0.15) is 0 Å². The van der Waals surface area contributed by atoms with Crippen LogP contribution in [0.15, 0.2) is 30.5 Å². The van der Waals surface area contributed by atoms with Crippen molar-refractivity contribution in [2.45, 2.75) is 25.3 Å². The molecule has 0 saturated carbocycles. The van der Waals surface area contributed by atoms with Crippen molar-refractivity contribution < 1.29 is 4.79 Å². The predicted octanol–water partition coefficient (Wildman–Crippen LogP) is 2.32. The van der Waals surface area contributed by atoms with Crippen LogP contribution in [-0.2, 0) is 6.54 Å². The van der Waals surface area contributed by atoms with Crippen LogP contribution in [-0.4, -0.2) is 24.0 Å². The number of nitrogens with one attached hydrogen (secondary N) is 2. The third-order valence-electron chi connectivity index (χ3n) is 3.94. The lowest BCUT2D eigenvalue weighted by Gasteiger charge is -2.20. The summed E-state index contributed by atoms with van der Waals surface area (Å²) in [6, 6.07) is 7.33. The van der Waals surface area contributed by atoms with Gasteiger partial charge in [-0.15, -0.1) is 11.3 Å². The molecule has 2 heterocycles. The molecule has 0 spiro atoms. The van der Waals surface area contributed by atoms with Gasteiger partial charge < -0.3 is 11.1 Å². The number of benzene rings is 1. The summed E-state index contributed by atoms with van der Waals surface area (Å²) >= 11 is 1.58. The molecule has 6 heteroatoms. The van der Waals surface area contributed by atoms with Gasteiger partial charge in [-0.3, -0.25) is 10.1 Å². The van der Waals surface area contributed by atoms with Crippen LogP contribution in [0.4, 0.5) is 5.13 Å². The van der Waals surface area contributed by atoms with Crippen LogP contribution in [0.25, 0.3) is 0 Å². The average Bonchev–Trinajstić information content (AvgIpc) is 3.04. The van der Waals surface area contributed by atoms with E-state index in [1.807, 2.05) is 18.3 Å². The van der Waals surface area contributed by atoms with Gasteiger partial charge in [0.05, 0.1) is 0 Å². The second-order valence-electron chi connectivity index (χ2n) is 5.45. The van der Waals surface area contributed by atoms with Crippen molar-refractivity contribution in [3.63, 3.8) is 0 Å². The predicted molar refractivity (Wildman–Crippen MR) is 89.2 cm³/mol. The standard InChI is InChI=1S/C16H20N4OS/c17-9-11-1-3-13(4-2-11)15(21)20-16-19-10-14(22-16)12-5-7-18-8-6-12/h1-4,10,12,18H,5-9,17H2,(H,19,20,21). The molecule has 0 radical (unpaired) electrons. The highest BCUT2D eigenvalue weighted by Gasteiger charge is 2.18. The maximum absolute atomic E-state index is 12.2. The van der Waals surface area contributed by atoms with Crippen molar-refractivity contribution in [2.75, 3.05) is 18.4 Å². The van der Waals surface area contributed by atoms with Crippen LogP contribution in [0.5, 0.6) is 0 Å². The zero-order valence-electron chi connectivity index (χ0n) is 12.3. The first-order valence-corrected chi connectivity index (χ1v) is 8.34. The number of rotatable bonds is 4. The van der Waals surface area contributed by atoms with E-state index in [1.165, 1.54) is 4.88 Å². The summed E-state index contributed by atoms with van der Waals surface area (Å²) in [4.78, 5) is 17.8. The van der Waals surface area contributed by atoms with E-state index in [4.69, 9.17) is 5.73 Å². The number of carbonyl (C=O) groups is 1. The minimum atomic E-state index is -0.130. The number of nitrogens with zero attached hydrogens (tertiary/aromatic N) is 1. The van der Waals surface area contributed by atoms with E-state index < -0.39 is 0 Å². The quantitative estimate of drug-likeness (QED) is 0.809. The molecule has 0 bridgehead atoms. The minimum absolute atomic E-state index is 0.130. The smallest absolute Gasteiger partial charge is 0.257 e. The van der Waals surface area contributed by atoms with Crippen molar-refractivity contribution >= 4 is 22.4 Å². The summed E-state index contributed by atoms with van der Waals surface area (Å²) in [6.07, 6.45) is 4.17. The van der Waals surface area contributed by atoms with Crippen LogP contribution in [0.2, 0.25) is 0 Å². The first-order valence-electron chi connectivity index (χ1n) is 7.53. The van der Waals surface area contributed by atoms with Crippen LogP contribution < -0.4 is 16.4 Å². The lowest BCUT2D eigenvalue weighted by atomic mass is 9.97. The van der Waals surface area contributed by atoms with E-state index in [2.05, 4.69) is 15.6 Å². The van der Waals surface area contributed by atoms with E-state index in [0.29, 0.717) is 23.2 Å². The molecule has 3 rings (SSSR count). The molecule has 1 aliphatic heterocycles. The van der Waals surface area contributed by atoms with E-state index in [0.717, 1.165) is 31.5 Å². The molecule has 2 aromatic rings. The molecule has 1 aliphatic rings. The average molecular weight is 316 g/mol. The summed E-state index contributed by atoms with van der Waals surface area (Å²) < 4.78 is 0. The summed E-state index contributed by atoms with van der Waals surface area (Å²) in [5.41, 5.74) is 7.19. The fourth-order valence-electron chi connectivity index (χ4n) is 2.60. The monoisotopic (exact) mass is 316 g/mol. The molecule has 1 saturated heterocycles. The zero-order valence-corrected chi connectivity index (χ0v) is 13.2. The number of aromatic nitrogens is 1. The van der Waals surface area contributed by atoms with Crippen LogP contribution in [0, 0.1) is 0 Å². The maximum Gasteiger partial charge on any atom is 0.257 e. The number of anilines is 1. The first-order chi connectivity index (χ1) is 10.8. The van der Waals surface area contributed by atoms with Crippen molar-refractivity contribution in [1.29, 1.82) is 0 Å². The van der Waals surface area contributed by atoms with Gasteiger partial charge in [-0.1, -0.05) is 12.1 Å². The van der Waals surface area contributed by atoms with Gasteiger partial charge in [-0.2, -0.15) is 0 Å². The van der Waals surface area contributed by atoms with Gasteiger partial charge >= 0.3 is 0 Å². The number of thiazole rings is 1. The number of piperidine rings is 1. The fraction of sp³-hybridized carbons (Fsp3) is 0.375.